The molecular formula is C18H27BrN2. The first-order valence-electron chi connectivity index (χ1n) is 8.39. The largest absolute Gasteiger partial charge is 0.314 e. The van der Waals surface area contributed by atoms with Gasteiger partial charge < -0.3 is 5.32 Å². The van der Waals surface area contributed by atoms with Gasteiger partial charge in [-0.15, -0.1) is 0 Å². The van der Waals surface area contributed by atoms with E-state index < -0.39 is 0 Å². The summed E-state index contributed by atoms with van der Waals surface area (Å²) in [6.45, 7) is 8.20. The lowest BCUT2D eigenvalue weighted by Crippen LogP contribution is -2.42. The number of likely N-dealkylation sites (tertiary alicyclic amines) is 1. The van der Waals surface area contributed by atoms with Gasteiger partial charge >= 0.3 is 0 Å². The Kier molecular flexibility index (Phi) is 5.03. The third-order valence-electron chi connectivity index (χ3n) is 4.96. The molecule has 1 aromatic carbocycles. The standard InChI is InChI=1S/C18H27BrN2/c1-13(2)20-11-14-4-3-9-21(12-14)18-8-5-15-10-16(19)6-7-17(15)18/h6-7,10,13-14,18,20H,3-5,8-9,11-12H2,1-2H3. The van der Waals surface area contributed by atoms with Crippen molar-refractivity contribution in [1.82, 2.24) is 10.2 Å². The first-order chi connectivity index (χ1) is 10.1. The van der Waals surface area contributed by atoms with Crippen LogP contribution in [0.3, 0.4) is 0 Å². The molecule has 0 amide bonds. The topological polar surface area (TPSA) is 15.3 Å². The van der Waals surface area contributed by atoms with Crippen molar-refractivity contribution in [2.24, 2.45) is 5.92 Å². The molecule has 0 bridgehead atoms. The summed E-state index contributed by atoms with van der Waals surface area (Å²) in [5, 5.41) is 3.62. The number of nitrogens with zero attached hydrogens (tertiary/aromatic N) is 1. The second kappa shape index (κ2) is 6.80. The number of benzene rings is 1. The number of fused-ring (bicyclic) bond motifs is 1. The molecule has 2 unspecified atom stereocenters. The number of piperidine rings is 1. The number of aryl methyl sites for hydroxylation is 1. The Morgan fingerprint density at radius 2 is 2.19 bits per heavy atom. The predicted molar refractivity (Wildman–Crippen MR) is 92.6 cm³/mol. The molecule has 116 valence electrons. The summed E-state index contributed by atoms with van der Waals surface area (Å²) in [7, 11) is 0. The molecule has 1 aliphatic heterocycles. The highest BCUT2D eigenvalue weighted by Crippen LogP contribution is 2.38. The minimum Gasteiger partial charge on any atom is -0.314 e. The van der Waals surface area contributed by atoms with Crippen molar-refractivity contribution >= 4 is 15.9 Å². The summed E-state index contributed by atoms with van der Waals surface area (Å²) >= 11 is 3.60. The van der Waals surface area contributed by atoms with Crippen molar-refractivity contribution in [2.75, 3.05) is 19.6 Å². The van der Waals surface area contributed by atoms with Gasteiger partial charge in [-0.25, -0.2) is 0 Å². The van der Waals surface area contributed by atoms with E-state index in [-0.39, 0.29) is 0 Å². The van der Waals surface area contributed by atoms with Gasteiger partial charge in [0.25, 0.3) is 0 Å². The molecule has 1 fully saturated rings. The molecule has 0 aromatic heterocycles. The smallest absolute Gasteiger partial charge is 0.0354 e. The fourth-order valence-corrected chi connectivity index (χ4v) is 4.30. The van der Waals surface area contributed by atoms with Crippen LogP contribution < -0.4 is 5.32 Å². The molecule has 0 saturated carbocycles. The van der Waals surface area contributed by atoms with E-state index in [1.165, 1.54) is 49.8 Å². The maximum absolute atomic E-state index is 3.62. The van der Waals surface area contributed by atoms with Gasteiger partial charge in [-0.3, -0.25) is 4.90 Å². The summed E-state index contributed by atoms with van der Waals surface area (Å²) in [5.74, 6) is 0.820. The second-order valence-electron chi connectivity index (χ2n) is 6.96. The Morgan fingerprint density at radius 3 is 3.00 bits per heavy atom. The minimum absolute atomic E-state index is 0.602. The molecule has 3 rings (SSSR count). The maximum atomic E-state index is 3.62. The van der Waals surface area contributed by atoms with Gasteiger partial charge in [0, 0.05) is 23.1 Å². The third-order valence-corrected chi connectivity index (χ3v) is 5.45. The van der Waals surface area contributed by atoms with E-state index in [2.05, 4.69) is 58.2 Å². The first-order valence-corrected chi connectivity index (χ1v) is 9.18. The lowest BCUT2D eigenvalue weighted by Gasteiger charge is -2.37. The van der Waals surface area contributed by atoms with Crippen LogP contribution >= 0.6 is 15.9 Å². The molecule has 0 spiro atoms. The lowest BCUT2D eigenvalue weighted by atomic mass is 9.95. The molecule has 1 N–H and O–H groups in total. The molecular weight excluding hydrogens is 324 g/mol. The average Bonchev–Trinajstić information content (AvgIpc) is 2.88. The van der Waals surface area contributed by atoms with Crippen LogP contribution in [0.4, 0.5) is 0 Å². The average molecular weight is 351 g/mol. The van der Waals surface area contributed by atoms with E-state index in [0.29, 0.717) is 12.1 Å². The Labute approximate surface area is 137 Å². The predicted octanol–water partition coefficient (Wildman–Crippen LogP) is 4.15. The van der Waals surface area contributed by atoms with E-state index in [1.807, 2.05) is 0 Å². The highest BCUT2D eigenvalue weighted by molar-refractivity contribution is 9.10. The molecule has 2 nitrogen and oxygen atoms in total. The first kappa shape index (κ1) is 15.5. The van der Waals surface area contributed by atoms with Crippen LogP contribution in [0.15, 0.2) is 22.7 Å². The molecule has 1 saturated heterocycles. The number of hydrogen-bond donors (Lipinski definition) is 1. The quantitative estimate of drug-likeness (QED) is 0.877. The minimum atomic E-state index is 0.602. The Morgan fingerprint density at radius 1 is 1.33 bits per heavy atom. The van der Waals surface area contributed by atoms with Gasteiger partial charge in [-0.1, -0.05) is 35.8 Å². The van der Waals surface area contributed by atoms with Crippen molar-refractivity contribution in [1.29, 1.82) is 0 Å². The molecule has 0 radical (unpaired) electrons. The molecule has 3 heteroatoms. The zero-order chi connectivity index (χ0) is 14.8. The van der Waals surface area contributed by atoms with Gasteiger partial charge in [-0.2, -0.15) is 0 Å². The van der Waals surface area contributed by atoms with E-state index in [1.54, 1.807) is 11.1 Å². The van der Waals surface area contributed by atoms with Gasteiger partial charge in [0.15, 0.2) is 0 Å². The highest BCUT2D eigenvalue weighted by Gasteiger charge is 2.31. The Balaban J connectivity index is 1.65. The van der Waals surface area contributed by atoms with Crippen LogP contribution in [0.1, 0.15) is 50.3 Å². The van der Waals surface area contributed by atoms with Gasteiger partial charge in [0.05, 0.1) is 0 Å². The van der Waals surface area contributed by atoms with E-state index in [4.69, 9.17) is 0 Å². The summed E-state index contributed by atoms with van der Waals surface area (Å²) in [6, 6.07) is 8.13. The maximum Gasteiger partial charge on any atom is 0.0354 e. The van der Waals surface area contributed by atoms with Crippen molar-refractivity contribution in [3.8, 4) is 0 Å². The molecule has 1 heterocycles. The van der Waals surface area contributed by atoms with Gasteiger partial charge in [-0.05, 0) is 68.0 Å². The van der Waals surface area contributed by atoms with E-state index in [0.717, 1.165) is 5.92 Å². The molecule has 1 aromatic rings. The molecule has 2 atom stereocenters. The van der Waals surface area contributed by atoms with Crippen LogP contribution in [0.25, 0.3) is 0 Å². The van der Waals surface area contributed by atoms with Gasteiger partial charge in [0.1, 0.15) is 0 Å². The summed E-state index contributed by atoms with van der Waals surface area (Å²) in [4.78, 5) is 2.75. The normalized spacial score (nSPS) is 26.3. The second-order valence-corrected chi connectivity index (χ2v) is 7.88. The number of nitrogens with one attached hydrogen (secondary N) is 1. The summed E-state index contributed by atoms with van der Waals surface area (Å²) < 4.78 is 1.22. The summed E-state index contributed by atoms with van der Waals surface area (Å²) in [6.07, 6.45) is 5.28. The van der Waals surface area contributed by atoms with Gasteiger partial charge in [0.2, 0.25) is 0 Å². The van der Waals surface area contributed by atoms with Crippen LogP contribution in [0.5, 0.6) is 0 Å². The Bertz CT molecular complexity index is 486. The van der Waals surface area contributed by atoms with Crippen LogP contribution in [0, 0.1) is 5.92 Å². The van der Waals surface area contributed by atoms with Crippen molar-refractivity contribution in [3.63, 3.8) is 0 Å². The fraction of sp³-hybridized carbons (Fsp3) is 0.667. The van der Waals surface area contributed by atoms with E-state index in [9.17, 15) is 0 Å². The lowest BCUT2D eigenvalue weighted by molar-refractivity contribution is 0.121. The fourth-order valence-electron chi connectivity index (χ4n) is 3.89. The van der Waals surface area contributed by atoms with Crippen LogP contribution in [-0.4, -0.2) is 30.6 Å². The van der Waals surface area contributed by atoms with Crippen molar-refractivity contribution in [3.05, 3.63) is 33.8 Å². The molecule has 21 heavy (non-hydrogen) atoms. The van der Waals surface area contributed by atoms with Crippen LogP contribution in [-0.2, 0) is 6.42 Å². The van der Waals surface area contributed by atoms with E-state index >= 15 is 0 Å². The zero-order valence-corrected chi connectivity index (χ0v) is 14.8. The highest BCUT2D eigenvalue weighted by atomic mass is 79.9. The monoisotopic (exact) mass is 350 g/mol. The van der Waals surface area contributed by atoms with Crippen molar-refractivity contribution in [2.45, 2.75) is 51.6 Å². The Hall–Kier alpha value is -0.380. The molecule has 2 aliphatic rings. The zero-order valence-electron chi connectivity index (χ0n) is 13.2. The summed E-state index contributed by atoms with van der Waals surface area (Å²) in [5.41, 5.74) is 3.13. The SMILES string of the molecule is CC(C)NCC1CCCN(C2CCc3cc(Br)ccc32)C1. The number of halogens is 1. The third kappa shape index (κ3) is 3.69. The van der Waals surface area contributed by atoms with Crippen LogP contribution in [0.2, 0.25) is 0 Å². The van der Waals surface area contributed by atoms with Crippen molar-refractivity contribution < 1.29 is 0 Å². The number of rotatable bonds is 4. The number of hydrogen-bond acceptors (Lipinski definition) is 2. The molecule has 1 aliphatic carbocycles.